The molecule has 0 unspecified atom stereocenters. The minimum atomic E-state index is -0.806. The molecular formula is C17H29N3O3. The van der Waals surface area contributed by atoms with Gasteiger partial charge in [-0.3, -0.25) is 4.79 Å². The van der Waals surface area contributed by atoms with Crippen LogP contribution in [-0.4, -0.2) is 27.8 Å². The minimum Gasteiger partial charge on any atom is -0.481 e. The summed E-state index contributed by atoms with van der Waals surface area (Å²) in [5.41, 5.74) is 0. The lowest BCUT2D eigenvalue weighted by Crippen LogP contribution is -2.13. The zero-order valence-electron chi connectivity index (χ0n) is 14.1. The fourth-order valence-corrected chi connectivity index (χ4v) is 3.39. The first-order chi connectivity index (χ1) is 11.2. The fourth-order valence-electron chi connectivity index (χ4n) is 3.39. The van der Waals surface area contributed by atoms with Crippen molar-refractivity contribution in [2.75, 3.05) is 6.54 Å². The Morgan fingerprint density at radius 2 is 2.17 bits per heavy atom. The van der Waals surface area contributed by atoms with Crippen LogP contribution in [0.1, 0.15) is 82.3 Å². The third-order valence-corrected chi connectivity index (χ3v) is 4.68. The number of hydrogen-bond donors (Lipinski definition) is 2. The molecule has 0 radical (unpaired) electrons. The van der Waals surface area contributed by atoms with Crippen LogP contribution in [0.25, 0.3) is 0 Å². The van der Waals surface area contributed by atoms with Gasteiger partial charge in [0.15, 0.2) is 5.82 Å². The summed E-state index contributed by atoms with van der Waals surface area (Å²) in [7, 11) is 0. The van der Waals surface area contributed by atoms with Crippen LogP contribution in [0, 0.1) is 5.92 Å². The second-order valence-corrected chi connectivity index (χ2v) is 6.56. The van der Waals surface area contributed by atoms with Crippen molar-refractivity contribution >= 4 is 5.97 Å². The van der Waals surface area contributed by atoms with Gasteiger partial charge >= 0.3 is 5.97 Å². The van der Waals surface area contributed by atoms with E-state index < -0.39 is 5.97 Å². The summed E-state index contributed by atoms with van der Waals surface area (Å²) in [5.74, 6) is 0.924. The smallest absolute Gasteiger partial charge is 0.304 e. The molecule has 1 atom stereocenters. The van der Waals surface area contributed by atoms with Crippen LogP contribution in [0.4, 0.5) is 0 Å². The molecule has 1 aromatic rings. The quantitative estimate of drug-likeness (QED) is 0.685. The van der Waals surface area contributed by atoms with E-state index in [4.69, 9.17) is 9.63 Å². The van der Waals surface area contributed by atoms with Gasteiger partial charge in [-0.05, 0) is 18.9 Å². The summed E-state index contributed by atoms with van der Waals surface area (Å²) in [4.78, 5) is 15.5. The Hall–Kier alpha value is -1.43. The van der Waals surface area contributed by atoms with Gasteiger partial charge in [-0.15, -0.1) is 0 Å². The number of rotatable bonds is 10. The summed E-state index contributed by atoms with van der Waals surface area (Å²) < 4.78 is 5.30. The minimum absolute atomic E-state index is 0.0630. The second-order valence-electron chi connectivity index (χ2n) is 6.56. The molecule has 130 valence electrons. The monoisotopic (exact) mass is 323 g/mol. The first-order valence-corrected chi connectivity index (χ1v) is 8.94. The van der Waals surface area contributed by atoms with Gasteiger partial charge in [-0.25, -0.2) is 0 Å². The van der Waals surface area contributed by atoms with Crippen LogP contribution in [-0.2, 0) is 11.3 Å². The normalized spacial score (nSPS) is 17.3. The zero-order chi connectivity index (χ0) is 16.5. The Morgan fingerprint density at radius 3 is 2.87 bits per heavy atom. The molecule has 23 heavy (non-hydrogen) atoms. The van der Waals surface area contributed by atoms with Gasteiger partial charge in [0.25, 0.3) is 0 Å². The third-order valence-electron chi connectivity index (χ3n) is 4.68. The molecule has 1 saturated carbocycles. The van der Waals surface area contributed by atoms with Crippen LogP contribution in [0.5, 0.6) is 0 Å². The summed E-state index contributed by atoms with van der Waals surface area (Å²) in [6, 6.07) is 0. The summed E-state index contributed by atoms with van der Waals surface area (Å²) >= 11 is 0. The highest BCUT2D eigenvalue weighted by Gasteiger charge is 2.23. The molecule has 0 spiro atoms. The lowest BCUT2D eigenvalue weighted by atomic mass is 9.84. The van der Waals surface area contributed by atoms with E-state index in [2.05, 4.69) is 15.5 Å². The van der Waals surface area contributed by atoms with Crippen molar-refractivity contribution < 1.29 is 14.4 Å². The molecular weight excluding hydrogens is 294 g/mol. The highest BCUT2D eigenvalue weighted by Crippen LogP contribution is 2.31. The lowest BCUT2D eigenvalue weighted by molar-refractivity contribution is -0.137. The SMILES string of the molecule is CCNCc1noc([C@@H](CCCC2CCCCC2)CC(=O)O)n1. The predicted molar refractivity (Wildman–Crippen MR) is 87.1 cm³/mol. The van der Waals surface area contributed by atoms with Gasteiger partial charge in [0.1, 0.15) is 0 Å². The molecule has 0 aromatic carbocycles. The molecule has 2 N–H and O–H groups in total. The van der Waals surface area contributed by atoms with Crippen LogP contribution in [0.15, 0.2) is 4.52 Å². The number of aliphatic carboxylic acids is 1. The maximum absolute atomic E-state index is 11.1. The van der Waals surface area contributed by atoms with Crippen molar-refractivity contribution in [2.45, 2.75) is 77.2 Å². The zero-order valence-corrected chi connectivity index (χ0v) is 14.1. The Labute approximate surface area is 138 Å². The largest absolute Gasteiger partial charge is 0.481 e. The highest BCUT2D eigenvalue weighted by molar-refractivity contribution is 5.67. The number of carboxylic acid groups (broad SMARTS) is 1. The Bertz CT molecular complexity index is 469. The molecule has 0 bridgehead atoms. The van der Waals surface area contributed by atoms with Gasteiger partial charge in [-0.2, -0.15) is 4.98 Å². The van der Waals surface area contributed by atoms with Gasteiger partial charge < -0.3 is 14.9 Å². The number of nitrogens with one attached hydrogen (secondary N) is 1. The molecule has 1 aliphatic rings. The van der Waals surface area contributed by atoms with Gasteiger partial charge in [-0.1, -0.05) is 57.0 Å². The number of hydrogen-bond acceptors (Lipinski definition) is 5. The fraction of sp³-hybridized carbons (Fsp3) is 0.824. The van der Waals surface area contributed by atoms with E-state index in [0.29, 0.717) is 18.3 Å². The third kappa shape index (κ3) is 6.29. The average Bonchev–Trinajstić information content (AvgIpc) is 3.01. The Morgan fingerprint density at radius 1 is 1.39 bits per heavy atom. The maximum atomic E-state index is 11.1. The van der Waals surface area contributed by atoms with Crippen LogP contribution < -0.4 is 5.32 Å². The van der Waals surface area contributed by atoms with Crippen molar-refractivity contribution in [1.29, 1.82) is 0 Å². The van der Waals surface area contributed by atoms with Crippen molar-refractivity contribution in [1.82, 2.24) is 15.5 Å². The number of carboxylic acids is 1. The molecule has 1 aliphatic carbocycles. The summed E-state index contributed by atoms with van der Waals surface area (Å²) in [6.45, 7) is 3.41. The highest BCUT2D eigenvalue weighted by atomic mass is 16.5. The van der Waals surface area contributed by atoms with Gasteiger partial charge in [0, 0.05) is 5.92 Å². The standard InChI is InChI=1S/C17H29N3O3/c1-2-18-12-15-19-17(23-20-15)14(11-16(21)22)10-6-9-13-7-4-3-5-8-13/h13-14,18H,2-12H2,1H3,(H,21,22)/t14-/m0/s1. The molecule has 1 fully saturated rings. The van der Waals surface area contributed by atoms with Crippen molar-refractivity contribution in [3.05, 3.63) is 11.7 Å². The van der Waals surface area contributed by atoms with Crippen molar-refractivity contribution in [3.63, 3.8) is 0 Å². The van der Waals surface area contributed by atoms with E-state index >= 15 is 0 Å². The van der Waals surface area contributed by atoms with Crippen molar-refractivity contribution in [3.8, 4) is 0 Å². The molecule has 0 amide bonds. The molecule has 1 heterocycles. The topological polar surface area (TPSA) is 88.2 Å². The van der Waals surface area contributed by atoms with E-state index in [-0.39, 0.29) is 12.3 Å². The van der Waals surface area contributed by atoms with Crippen LogP contribution in [0.3, 0.4) is 0 Å². The molecule has 6 heteroatoms. The van der Waals surface area contributed by atoms with Crippen LogP contribution >= 0.6 is 0 Å². The van der Waals surface area contributed by atoms with Gasteiger partial charge in [0.2, 0.25) is 5.89 Å². The average molecular weight is 323 g/mol. The first-order valence-electron chi connectivity index (χ1n) is 8.94. The molecule has 0 saturated heterocycles. The maximum Gasteiger partial charge on any atom is 0.304 e. The van der Waals surface area contributed by atoms with Gasteiger partial charge in [0.05, 0.1) is 13.0 Å². The van der Waals surface area contributed by atoms with E-state index in [1.807, 2.05) is 6.92 Å². The molecule has 2 rings (SSSR count). The van der Waals surface area contributed by atoms with Crippen LogP contribution in [0.2, 0.25) is 0 Å². The second kappa shape index (κ2) is 9.65. The van der Waals surface area contributed by atoms with E-state index in [9.17, 15) is 4.79 Å². The van der Waals surface area contributed by atoms with Crippen molar-refractivity contribution in [2.24, 2.45) is 5.92 Å². The Kier molecular flexibility index (Phi) is 7.52. The summed E-state index contributed by atoms with van der Waals surface area (Å²) in [5, 5.41) is 16.2. The van der Waals surface area contributed by atoms with E-state index in [1.54, 1.807) is 0 Å². The number of aromatic nitrogens is 2. The predicted octanol–water partition coefficient (Wildman–Crippen LogP) is 3.49. The Balaban J connectivity index is 1.85. The molecule has 6 nitrogen and oxygen atoms in total. The summed E-state index contributed by atoms with van der Waals surface area (Å²) in [6.07, 6.45) is 9.82. The number of carbonyl (C=O) groups is 1. The van der Waals surface area contributed by atoms with E-state index in [0.717, 1.165) is 25.3 Å². The molecule has 1 aromatic heterocycles. The van der Waals surface area contributed by atoms with E-state index in [1.165, 1.54) is 38.5 Å². The molecule has 0 aliphatic heterocycles. The lowest BCUT2D eigenvalue weighted by Gasteiger charge is -2.21. The number of nitrogens with zero attached hydrogens (tertiary/aromatic N) is 2. The first kappa shape index (κ1) is 17.9.